The number of hydrogen-bond acceptors (Lipinski definition) is 4. The van der Waals surface area contributed by atoms with Gasteiger partial charge in [-0.1, -0.05) is 0 Å². The molecule has 0 bridgehead atoms. The first-order valence-corrected chi connectivity index (χ1v) is 7.18. The lowest BCUT2D eigenvalue weighted by molar-refractivity contribution is 0.102. The van der Waals surface area contributed by atoms with E-state index in [-0.39, 0.29) is 6.54 Å². The molecule has 0 saturated carbocycles. The molecule has 1 aromatic carbocycles. The lowest BCUT2D eigenvalue weighted by Gasteiger charge is -2.08. The first-order valence-electron chi connectivity index (χ1n) is 7.18. The first kappa shape index (κ1) is 17.3. The molecule has 3 rings (SSSR count). The van der Waals surface area contributed by atoms with Crippen molar-refractivity contribution in [1.29, 1.82) is 0 Å². The van der Waals surface area contributed by atoms with E-state index in [1.165, 1.54) is 12.3 Å². The summed E-state index contributed by atoms with van der Waals surface area (Å²) in [7, 11) is 0. The molecule has 0 fully saturated rings. The minimum absolute atomic E-state index is 0.234. The molecule has 0 atom stereocenters. The highest BCUT2D eigenvalue weighted by atomic mass is 19.2. The lowest BCUT2D eigenvalue weighted by Crippen LogP contribution is -2.39. The minimum Gasteiger partial charge on any atom is -0.467 e. The summed E-state index contributed by atoms with van der Waals surface area (Å²) in [6, 6.07) is 4.50. The van der Waals surface area contributed by atoms with Crippen LogP contribution in [0, 0.1) is 17.5 Å². The number of amides is 1. The number of halogens is 3. The average Bonchev–Trinajstić information content (AvgIpc) is 3.12. The Hall–Kier alpha value is -3.56. The summed E-state index contributed by atoms with van der Waals surface area (Å²) in [4.78, 5) is 38.6. The third-order valence-electron chi connectivity index (χ3n) is 3.48. The van der Waals surface area contributed by atoms with Gasteiger partial charge in [0, 0.05) is 6.20 Å². The van der Waals surface area contributed by atoms with Crippen LogP contribution >= 0.6 is 0 Å². The molecule has 2 N–H and O–H groups in total. The van der Waals surface area contributed by atoms with Gasteiger partial charge >= 0.3 is 5.69 Å². The number of aromatic amines is 1. The van der Waals surface area contributed by atoms with Crippen molar-refractivity contribution < 1.29 is 22.4 Å². The number of nitrogens with zero attached hydrogens (tertiary/aromatic N) is 1. The van der Waals surface area contributed by atoms with Gasteiger partial charge in [0.05, 0.1) is 18.5 Å². The van der Waals surface area contributed by atoms with Gasteiger partial charge in [-0.05, 0) is 24.3 Å². The third kappa shape index (κ3) is 3.16. The molecule has 3 aromatic rings. The molecule has 2 aromatic heterocycles. The van der Waals surface area contributed by atoms with E-state index in [1.807, 2.05) is 5.32 Å². The molecule has 10 heteroatoms. The van der Waals surface area contributed by atoms with Crippen molar-refractivity contribution in [3.8, 4) is 0 Å². The molecule has 0 aliphatic carbocycles. The Balaban J connectivity index is 1.94. The van der Waals surface area contributed by atoms with Crippen molar-refractivity contribution >= 4 is 11.6 Å². The largest absolute Gasteiger partial charge is 0.467 e. The average molecular weight is 365 g/mol. The van der Waals surface area contributed by atoms with Crippen molar-refractivity contribution in [2.75, 3.05) is 5.32 Å². The van der Waals surface area contributed by atoms with Crippen LogP contribution in [0.2, 0.25) is 0 Å². The summed E-state index contributed by atoms with van der Waals surface area (Å²) in [6.45, 7) is -0.234. The predicted molar refractivity (Wildman–Crippen MR) is 83.4 cm³/mol. The lowest BCUT2D eigenvalue weighted by atomic mass is 10.2. The number of carbonyl (C=O) groups is 1. The van der Waals surface area contributed by atoms with Crippen LogP contribution in [0.3, 0.4) is 0 Å². The van der Waals surface area contributed by atoms with Gasteiger partial charge in [0.1, 0.15) is 11.3 Å². The van der Waals surface area contributed by atoms with Gasteiger partial charge in [0.2, 0.25) is 0 Å². The molecule has 26 heavy (non-hydrogen) atoms. The maximum absolute atomic E-state index is 13.7. The van der Waals surface area contributed by atoms with E-state index >= 15 is 0 Å². The highest BCUT2D eigenvalue weighted by Gasteiger charge is 2.19. The van der Waals surface area contributed by atoms with Crippen LogP contribution in [-0.4, -0.2) is 15.5 Å². The molecule has 0 radical (unpaired) electrons. The number of carbonyl (C=O) groups excluding carboxylic acids is 1. The highest BCUT2D eigenvalue weighted by molar-refractivity contribution is 6.03. The number of nitrogens with one attached hydrogen (secondary N) is 2. The third-order valence-corrected chi connectivity index (χ3v) is 3.48. The first-order chi connectivity index (χ1) is 12.4. The van der Waals surface area contributed by atoms with Gasteiger partial charge in [-0.25, -0.2) is 18.0 Å². The predicted octanol–water partition coefficient (Wildman–Crippen LogP) is 1.85. The summed E-state index contributed by atoms with van der Waals surface area (Å²) in [5.74, 6) is -5.62. The molecule has 0 saturated heterocycles. The van der Waals surface area contributed by atoms with Crippen molar-refractivity contribution in [3.63, 3.8) is 0 Å². The molecule has 0 aliphatic heterocycles. The van der Waals surface area contributed by atoms with Crippen molar-refractivity contribution in [2.45, 2.75) is 6.54 Å². The van der Waals surface area contributed by atoms with Gasteiger partial charge in [-0.15, -0.1) is 0 Å². The molecule has 7 nitrogen and oxygen atoms in total. The summed E-state index contributed by atoms with van der Waals surface area (Å²) in [5.41, 5.74) is -2.94. The van der Waals surface area contributed by atoms with Crippen LogP contribution in [-0.2, 0) is 6.54 Å². The van der Waals surface area contributed by atoms with Gasteiger partial charge < -0.3 is 14.7 Å². The van der Waals surface area contributed by atoms with Crippen molar-refractivity contribution in [2.24, 2.45) is 0 Å². The van der Waals surface area contributed by atoms with Gasteiger partial charge in [0.25, 0.3) is 11.5 Å². The fourth-order valence-corrected chi connectivity index (χ4v) is 2.19. The van der Waals surface area contributed by atoms with Crippen LogP contribution in [0.15, 0.2) is 50.7 Å². The number of aromatic nitrogens is 2. The zero-order valence-corrected chi connectivity index (χ0v) is 12.9. The van der Waals surface area contributed by atoms with Gasteiger partial charge in [-0.3, -0.25) is 14.2 Å². The molecular formula is C16H10F3N3O4. The quantitative estimate of drug-likeness (QED) is 0.690. The number of anilines is 1. The Morgan fingerprint density at radius 3 is 2.62 bits per heavy atom. The molecule has 0 aliphatic rings. The fraction of sp³-hybridized carbons (Fsp3) is 0.0625. The smallest absolute Gasteiger partial charge is 0.328 e. The summed E-state index contributed by atoms with van der Waals surface area (Å²) >= 11 is 0. The van der Waals surface area contributed by atoms with Crippen LogP contribution < -0.4 is 16.6 Å². The SMILES string of the molecule is O=C(Nc1ccc(F)c(F)c1F)c1c[nH]c(=O)n(Cc2ccco2)c1=O. The molecule has 0 spiro atoms. The zero-order valence-electron chi connectivity index (χ0n) is 12.9. The maximum Gasteiger partial charge on any atom is 0.328 e. The Morgan fingerprint density at radius 2 is 1.92 bits per heavy atom. The number of benzene rings is 1. The number of H-pyrrole nitrogens is 1. The standard InChI is InChI=1S/C16H10F3N3O4/c17-10-3-4-11(13(19)12(10)18)21-14(23)9-6-20-16(25)22(15(9)24)7-8-2-1-5-26-8/h1-6H,7H2,(H,20,25)(H,21,23). The minimum atomic E-state index is -1.76. The normalized spacial score (nSPS) is 10.7. The zero-order chi connectivity index (χ0) is 18.8. The van der Waals surface area contributed by atoms with Gasteiger partial charge in [0.15, 0.2) is 17.5 Å². The second-order valence-electron chi connectivity index (χ2n) is 5.16. The molecule has 2 heterocycles. The second-order valence-corrected chi connectivity index (χ2v) is 5.16. The van der Waals surface area contributed by atoms with Crippen LogP contribution in [0.5, 0.6) is 0 Å². The Labute approximate surface area is 142 Å². The van der Waals surface area contributed by atoms with Gasteiger partial charge in [-0.2, -0.15) is 0 Å². The molecule has 134 valence electrons. The summed E-state index contributed by atoms with van der Waals surface area (Å²) in [5, 5.41) is 1.96. The Kier molecular flexibility index (Phi) is 4.48. The Morgan fingerprint density at radius 1 is 1.15 bits per heavy atom. The number of hydrogen-bond donors (Lipinski definition) is 2. The van der Waals surface area contributed by atoms with E-state index in [0.717, 1.165) is 12.3 Å². The monoisotopic (exact) mass is 365 g/mol. The van der Waals surface area contributed by atoms with E-state index < -0.39 is 45.9 Å². The second kappa shape index (κ2) is 6.75. The molecule has 1 amide bonds. The maximum atomic E-state index is 13.7. The fourth-order valence-electron chi connectivity index (χ4n) is 2.19. The summed E-state index contributed by atoms with van der Waals surface area (Å²) < 4.78 is 45.6. The van der Waals surface area contributed by atoms with E-state index in [0.29, 0.717) is 16.4 Å². The van der Waals surface area contributed by atoms with E-state index in [4.69, 9.17) is 4.42 Å². The van der Waals surface area contributed by atoms with Crippen LogP contribution in [0.4, 0.5) is 18.9 Å². The van der Waals surface area contributed by atoms with E-state index in [2.05, 4.69) is 4.98 Å². The van der Waals surface area contributed by atoms with Crippen LogP contribution in [0.1, 0.15) is 16.1 Å². The highest BCUT2D eigenvalue weighted by Crippen LogP contribution is 2.19. The molecular weight excluding hydrogens is 355 g/mol. The summed E-state index contributed by atoms with van der Waals surface area (Å²) in [6.07, 6.45) is 2.19. The van der Waals surface area contributed by atoms with Crippen molar-refractivity contribution in [3.05, 3.63) is 86.3 Å². The van der Waals surface area contributed by atoms with Crippen LogP contribution in [0.25, 0.3) is 0 Å². The van der Waals surface area contributed by atoms with E-state index in [9.17, 15) is 27.6 Å². The Bertz CT molecular complexity index is 1090. The number of rotatable bonds is 4. The van der Waals surface area contributed by atoms with E-state index in [1.54, 1.807) is 6.07 Å². The number of furan rings is 1. The topological polar surface area (TPSA) is 97.1 Å². The molecule has 0 unspecified atom stereocenters. The van der Waals surface area contributed by atoms with Crippen molar-refractivity contribution in [1.82, 2.24) is 9.55 Å².